The van der Waals surface area contributed by atoms with Crippen molar-refractivity contribution in [3.8, 4) is 0 Å². The number of carbonyl (C=O) groups excluding carboxylic acids is 1. The highest BCUT2D eigenvalue weighted by Crippen LogP contribution is 2.17. The maximum absolute atomic E-state index is 12.1. The molecule has 17 heavy (non-hydrogen) atoms. The van der Waals surface area contributed by atoms with Crippen LogP contribution >= 0.6 is 0 Å². The predicted octanol–water partition coefficient (Wildman–Crippen LogP) is -0.302. The van der Waals surface area contributed by atoms with Crippen LogP contribution in [0.2, 0.25) is 0 Å². The number of carbonyl (C=O) groups is 1. The van der Waals surface area contributed by atoms with Crippen molar-refractivity contribution in [2.24, 2.45) is 11.8 Å². The van der Waals surface area contributed by atoms with Crippen LogP contribution in [0, 0.1) is 11.8 Å². The third kappa shape index (κ3) is 4.61. The highest BCUT2D eigenvalue weighted by Gasteiger charge is 2.27. The molecule has 0 aliphatic carbocycles. The zero-order valence-corrected chi connectivity index (χ0v) is 11.0. The van der Waals surface area contributed by atoms with E-state index >= 15 is 0 Å². The fourth-order valence-corrected chi connectivity index (χ4v) is 2.31. The summed E-state index contributed by atoms with van der Waals surface area (Å²) in [4.78, 5) is 13.7. The number of piperidine rings is 1. The van der Waals surface area contributed by atoms with Gasteiger partial charge in [-0.1, -0.05) is 6.92 Å². The standard InChI is InChI=1S/C12H24N2O3/c1-9-4-10(6-13-5-9)12(16)14(2)7-11(15)8-17-3/h9-11,13,15H,4-8H2,1-3H3. The van der Waals surface area contributed by atoms with Gasteiger partial charge in [-0.05, 0) is 18.9 Å². The number of nitrogens with zero attached hydrogens (tertiary/aromatic N) is 1. The molecule has 0 aromatic carbocycles. The van der Waals surface area contributed by atoms with Gasteiger partial charge < -0.3 is 20.1 Å². The SMILES string of the molecule is COCC(O)CN(C)C(=O)C1CNCC(C)C1. The zero-order valence-electron chi connectivity index (χ0n) is 11.0. The van der Waals surface area contributed by atoms with Gasteiger partial charge in [0.25, 0.3) is 0 Å². The molecule has 1 aliphatic rings. The minimum Gasteiger partial charge on any atom is -0.389 e. The monoisotopic (exact) mass is 244 g/mol. The number of rotatable bonds is 5. The maximum Gasteiger partial charge on any atom is 0.226 e. The molecule has 1 fully saturated rings. The maximum atomic E-state index is 12.1. The van der Waals surface area contributed by atoms with Gasteiger partial charge in [0.15, 0.2) is 0 Å². The molecule has 100 valence electrons. The van der Waals surface area contributed by atoms with E-state index in [0.717, 1.165) is 19.5 Å². The number of amides is 1. The zero-order chi connectivity index (χ0) is 12.8. The normalized spacial score (nSPS) is 26.6. The van der Waals surface area contributed by atoms with Crippen molar-refractivity contribution in [1.82, 2.24) is 10.2 Å². The van der Waals surface area contributed by atoms with Gasteiger partial charge in [-0.3, -0.25) is 4.79 Å². The summed E-state index contributed by atoms with van der Waals surface area (Å²) in [6, 6.07) is 0. The lowest BCUT2D eigenvalue weighted by Gasteiger charge is -2.31. The van der Waals surface area contributed by atoms with Crippen molar-refractivity contribution in [2.75, 3.05) is 40.4 Å². The van der Waals surface area contributed by atoms with Crippen LogP contribution in [0.5, 0.6) is 0 Å². The van der Waals surface area contributed by atoms with Crippen molar-refractivity contribution < 1.29 is 14.6 Å². The Hall–Kier alpha value is -0.650. The van der Waals surface area contributed by atoms with Crippen molar-refractivity contribution in [3.05, 3.63) is 0 Å². The van der Waals surface area contributed by atoms with Crippen molar-refractivity contribution in [1.29, 1.82) is 0 Å². The Bertz CT molecular complexity index is 248. The molecule has 1 saturated heterocycles. The number of aliphatic hydroxyl groups is 1. The number of hydrogen-bond donors (Lipinski definition) is 2. The Morgan fingerprint density at radius 3 is 2.88 bits per heavy atom. The van der Waals surface area contributed by atoms with Gasteiger partial charge in [0.1, 0.15) is 0 Å². The number of aliphatic hydroxyl groups excluding tert-OH is 1. The fourth-order valence-electron chi connectivity index (χ4n) is 2.31. The first-order valence-electron chi connectivity index (χ1n) is 6.17. The Morgan fingerprint density at radius 1 is 1.59 bits per heavy atom. The van der Waals surface area contributed by atoms with E-state index in [9.17, 15) is 9.90 Å². The minimum absolute atomic E-state index is 0.0403. The third-order valence-electron chi connectivity index (χ3n) is 3.14. The second-order valence-corrected chi connectivity index (χ2v) is 5.02. The average molecular weight is 244 g/mol. The molecule has 1 heterocycles. The molecule has 5 heteroatoms. The molecule has 5 nitrogen and oxygen atoms in total. The van der Waals surface area contributed by atoms with Gasteiger partial charge in [0, 0.05) is 27.2 Å². The number of methoxy groups -OCH3 is 1. The highest BCUT2D eigenvalue weighted by atomic mass is 16.5. The third-order valence-corrected chi connectivity index (χ3v) is 3.14. The van der Waals surface area contributed by atoms with Crippen LogP contribution in [0.1, 0.15) is 13.3 Å². The quantitative estimate of drug-likeness (QED) is 0.697. The van der Waals surface area contributed by atoms with E-state index in [-0.39, 0.29) is 18.4 Å². The summed E-state index contributed by atoms with van der Waals surface area (Å²) in [5.41, 5.74) is 0. The van der Waals surface area contributed by atoms with E-state index in [1.54, 1.807) is 11.9 Å². The van der Waals surface area contributed by atoms with Crippen LogP contribution in [0.25, 0.3) is 0 Å². The highest BCUT2D eigenvalue weighted by molar-refractivity contribution is 5.79. The molecule has 1 rings (SSSR count). The Kier molecular flexibility index (Phi) is 5.88. The molecule has 1 aliphatic heterocycles. The fraction of sp³-hybridized carbons (Fsp3) is 0.917. The Labute approximate surface area is 103 Å². The first kappa shape index (κ1) is 14.4. The average Bonchev–Trinajstić information content (AvgIpc) is 2.28. The van der Waals surface area contributed by atoms with E-state index in [0.29, 0.717) is 12.5 Å². The molecule has 3 unspecified atom stereocenters. The van der Waals surface area contributed by atoms with Crippen molar-refractivity contribution >= 4 is 5.91 Å². The molecule has 2 N–H and O–H groups in total. The number of ether oxygens (including phenoxy) is 1. The van der Waals surface area contributed by atoms with Gasteiger partial charge in [-0.25, -0.2) is 0 Å². The molecule has 0 aromatic rings. The van der Waals surface area contributed by atoms with Gasteiger partial charge in [-0.15, -0.1) is 0 Å². The first-order chi connectivity index (χ1) is 8.04. The number of nitrogens with one attached hydrogen (secondary N) is 1. The lowest BCUT2D eigenvalue weighted by Crippen LogP contribution is -2.46. The van der Waals surface area contributed by atoms with Crippen LogP contribution in [0.15, 0.2) is 0 Å². The summed E-state index contributed by atoms with van der Waals surface area (Å²) in [6.07, 6.45) is 0.319. The summed E-state index contributed by atoms with van der Waals surface area (Å²) < 4.78 is 4.85. The topological polar surface area (TPSA) is 61.8 Å². The molecular formula is C12H24N2O3. The number of hydrogen-bond acceptors (Lipinski definition) is 4. The van der Waals surface area contributed by atoms with Crippen LogP contribution in [0.4, 0.5) is 0 Å². The Morgan fingerprint density at radius 2 is 2.29 bits per heavy atom. The summed E-state index contributed by atoms with van der Waals surface area (Å²) in [5.74, 6) is 0.688. The van der Waals surface area contributed by atoms with Gasteiger partial charge in [-0.2, -0.15) is 0 Å². The van der Waals surface area contributed by atoms with Crippen LogP contribution in [0.3, 0.4) is 0 Å². The lowest BCUT2D eigenvalue weighted by molar-refractivity contribution is -0.136. The van der Waals surface area contributed by atoms with Crippen LogP contribution in [-0.4, -0.2) is 62.4 Å². The minimum atomic E-state index is -0.608. The van der Waals surface area contributed by atoms with E-state index in [4.69, 9.17) is 4.74 Å². The van der Waals surface area contributed by atoms with Crippen LogP contribution < -0.4 is 5.32 Å². The second-order valence-electron chi connectivity index (χ2n) is 5.02. The number of likely N-dealkylation sites (N-methyl/N-ethyl adjacent to an activating group) is 1. The first-order valence-corrected chi connectivity index (χ1v) is 6.17. The van der Waals surface area contributed by atoms with E-state index < -0.39 is 6.10 Å². The summed E-state index contributed by atoms with van der Waals surface area (Å²) in [6.45, 7) is 4.47. The van der Waals surface area contributed by atoms with Gasteiger partial charge in [0.05, 0.1) is 18.6 Å². The van der Waals surface area contributed by atoms with Gasteiger partial charge in [0.2, 0.25) is 5.91 Å². The molecule has 1 amide bonds. The smallest absolute Gasteiger partial charge is 0.226 e. The van der Waals surface area contributed by atoms with E-state index in [1.165, 1.54) is 7.11 Å². The van der Waals surface area contributed by atoms with E-state index in [2.05, 4.69) is 12.2 Å². The lowest BCUT2D eigenvalue weighted by atomic mass is 9.91. The summed E-state index contributed by atoms with van der Waals surface area (Å²) in [7, 11) is 3.28. The van der Waals surface area contributed by atoms with Crippen LogP contribution in [-0.2, 0) is 9.53 Å². The Balaban J connectivity index is 2.39. The van der Waals surface area contributed by atoms with Crippen molar-refractivity contribution in [3.63, 3.8) is 0 Å². The second kappa shape index (κ2) is 6.93. The molecule has 0 bridgehead atoms. The summed E-state index contributed by atoms with van der Waals surface area (Å²) >= 11 is 0. The largest absolute Gasteiger partial charge is 0.389 e. The van der Waals surface area contributed by atoms with Crippen molar-refractivity contribution in [2.45, 2.75) is 19.4 Å². The predicted molar refractivity (Wildman–Crippen MR) is 65.7 cm³/mol. The van der Waals surface area contributed by atoms with E-state index in [1.807, 2.05) is 0 Å². The van der Waals surface area contributed by atoms with Gasteiger partial charge >= 0.3 is 0 Å². The molecule has 0 saturated carbocycles. The molecule has 0 radical (unpaired) electrons. The molecule has 0 spiro atoms. The summed E-state index contributed by atoms with van der Waals surface area (Å²) in [5, 5.41) is 12.8. The molecule has 3 atom stereocenters. The molecular weight excluding hydrogens is 220 g/mol. The molecule has 0 aromatic heterocycles.